The number of hydrogen-bond acceptors (Lipinski definition) is 2. The number of fused-ring (bicyclic) bond motifs is 1. The van der Waals surface area contributed by atoms with Crippen molar-refractivity contribution in [3.8, 4) is 0 Å². The fourth-order valence-corrected chi connectivity index (χ4v) is 2.74. The Morgan fingerprint density at radius 1 is 0.952 bits per heavy atom. The Bertz CT molecular complexity index is 783. The van der Waals surface area contributed by atoms with Gasteiger partial charge in [0.25, 0.3) is 0 Å². The maximum atomic E-state index is 14.2. The standard InChI is InChI=1S/C17H14ClFN2/c18-12-8-9-15(16(19)10-12)17(21-20)14-7-3-5-11-4-1-2-6-13(11)14/h1-10,17,21H,20H2. The number of halogens is 2. The fraction of sp³-hybridized carbons (Fsp3) is 0.0588. The Morgan fingerprint density at radius 3 is 2.48 bits per heavy atom. The van der Waals surface area contributed by atoms with E-state index in [1.165, 1.54) is 6.07 Å². The van der Waals surface area contributed by atoms with E-state index >= 15 is 0 Å². The molecule has 1 atom stereocenters. The molecule has 0 spiro atoms. The number of benzene rings is 3. The summed E-state index contributed by atoms with van der Waals surface area (Å²) in [4.78, 5) is 0. The average Bonchev–Trinajstić information content (AvgIpc) is 2.50. The zero-order chi connectivity index (χ0) is 14.8. The third-order valence-corrected chi connectivity index (χ3v) is 3.81. The van der Waals surface area contributed by atoms with E-state index in [-0.39, 0.29) is 5.82 Å². The first-order chi connectivity index (χ1) is 10.2. The van der Waals surface area contributed by atoms with E-state index < -0.39 is 6.04 Å². The van der Waals surface area contributed by atoms with Gasteiger partial charge in [-0.25, -0.2) is 9.82 Å². The predicted octanol–water partition coefficient (Wildman–Crippen LogP) is 4.19. The van der Waals surface area contributed by atoms with Crippen LogP contribution in [-0.4, -0.2) is 0 Å². The summed E-state index contributed by atoms with van der Waals surface area (Å²) in [6.07, 6.45) is 0. The molecule has 1 unspecified atom stereocenters. The lowest BCUT2D eigenvalue weighted by Crippen LogP contribution is -2.29. The van der Waals surface area contributed by atoms with Crippen LogP contribution in [0.4, 0.5) is 4.39 Å². The number of hydrazine groups is 1. The van der Waals surface area contributed by atoms with Crippen molar-refractivity contribution in [1.82, 2.24) is 5.43 Å². The minimum Gasteiger partial charge on any atom is -0.271 e. The van der Waals surface area contributed by atoms with Crippen LogP contribution in [-0.2, 0) is 0 Å². The van der Waals surface area contributed by atoms with Gasteiger partial charge >= 0.3 is 0 Å². The van der Waals surface area contributed by atoms with E-state index in [1.807, 2.05) is 42.5 Å². The van der Waals surface area contributed by atoms with Crippen molar-refractivity contribution >= 4 is 22.4 Å². The molecule has 3 N–H and O–H groups in total. The third kappa shape index (κ3) is 2.63. The highest BCUT2D eigenvalue weighted by Gasteiger charge is 2.18. The van der Waals surface area contributed by atoms with Gasteiger partial charge in [-0.05, 0) is 28.5 Å². The van der Waals surface area contributed by atoms with E-state index in [2.05, 4.69) is 5.43 Å². The van der Waals surface area contributed by atoms with Gasteiger partial charge in [0.1, 0.15) is 5.82 Å². The lowest BCUT2D eigenvalue weighted by Gasteiger charge is -2.19. The van der Waals surface area contributed by atoms with Crippen LogP contribution >= 0.6 is 11.6 Å². The largest absolute Gasteiger partial charge is 0.271 e. The highest BCUT2D eigenvalue weighted by Crippen LogP contribution is 2.30. The highest BCUT2D eigenvalue weighted by molar-refractivity contribution is 6.30. The molecular formula is C17H14ClFN2. The van der Waals surface area contributed by atoms with Crippen molar-refractivity contribution < 1.29 is 4.39 Å². The molecule has 0 fully saturated rings. The molecule has 0 aliphatic heterocycles. The molecule has 0 aliphatic rings. The smallest absolute Gasteiger partial charge is 0.129 e. The van der Waals surface area contributed by atoms with Gasteiger partial charge in [-0.1, -0.05) is 60.1 Å². The van der Waals surface area contributed by atoms with Crippen molar-refractivity contribution in [3.63, 3.8) is 0 Å². The topological polar surface area (TPSA) is 38.0 Å². The second-order valence-corrected chi connectivity index (χ2v) is 5.27. The second-order valence-electron chi connectivity index (χ2n) is 4.83. The molecule has 0 aliphatic carbocycles. The zero-order valence-electron chi connectivity index (χ0n) is 11.2. The Kier molecular flexibility index (Phi) is 3.88. The van der Waals surface area contributed by atoms with Gasteiger partial charge in [-0.2, -0.15) is 0 Å². The number of hydrogen-bond donors (Lipinski definition) is 2. The number of nitrogens with two attached hydrogens (primary N) is 1. The van der Waals surface area contributed by atoms with Crippen LogP contribution in [0.1, 0.15) is 17.2 Å². The van der Waals surface area contributed by atoms with Crippen molar-refractivity contribution in [1.29, 1.82) is 0 Å². The van der Waals surface area contributed by atoms with E-state index in [0.29, 0.717) is 10.6 Å². The summed E-state index contributed by atoms with van der Waals surface area (Å²) in [7, 11) is 0. The van der Waals surface area contributed by atoms with Crippen LogP contribution in [0.15, 0.2) is 60.7 Å². The Labute approximate surface area is 127 Å². The zero-order valence-corrected chi connectivity index (χ0v) is 11.9. The molecule has 0 saturated carbocycles. The van der Waals surface area contributed by atoms with Crippen molar-refractivity contribution in [3.05, 3.63) is 82.6 Å². The Hall–Kier alpha value is -1.94. The SMILES string of the molecule is NNC(c1ccc(Cl)cc1F)c1cccc2ccccc12. The molecule has 3 rings (SSSR count). The van der Waals surface area contributed by atoms with Gasteiger partial charge in [0.05, 0.1) is 6.04 Å². The molecule has 4 heteroatoms. The first-order valence-corrected chi connectivity index (χ1v) is 6.97. The van der Waals surface area contributed by atoms with Crippen LogP contribution in [0.5, 0.6) is 0 Å². The predicted molar refractivity (Wildman–Crippen MR) is 84.5 cm³/mol. The van der Waals surface area contributed by atoms with Crippen molar-refractivity contribution in [2.24, 2.45) is 5.84 Å². The van der Waals surface area contributed by atoms with Crippen LogP contribution in [0.2, 0.25) is 5.02 Å². The first kappa shape index (κ1) is 14.0. The molecule has 0 aromatic heterocycles. The molecule has 106 valence electrons. The molecule has 0 bridgehead atoms. The summed E-state index contributed by atoms with van der Waals surface area (Å²) in [5, 5.41) is 2.49. The van der Waals surface area contributed by atoms with Crippen LogP contribution in [0, 0.1) is 5.82 Å². The monoisotopic (exact) mass is 300 g/mol. The highest BCUT2D eigenvalue weighted by atomic mass is 35.5. The maximum absolute atomic E-state index is 14.2. The lowest BCUT2D eigenvalue weighted by atomic mass is 9.94. The second kappa shape index (κ2) is 5.82. The first-order valence-electron chi connectivity index (χ1n) is 6.59. The fourth-order valence-electron chi connectivity index (χ4n) is 2.58. The molecule has 3 aromatic rings. The van der Waals surface area contributed by atoms with E-state index in [0.717, 1.165) is 16.3 Å². The minimum atomic E-state index is -0.437. The summed E-state index contributed by atoms with van der Waals surface area (Å²) in [6.45, 7) is 0. The molecule has 21 heavy (non-hydrogen) atoms. The minimum absolute atomic E-state index is 0.366. The Balaban J connectivity index is 2.18. The summed E-state index contributed by atoms with van der Waals surface area (Å²) in [6, 6.07) is 18.0. The average molecular weight is 301 g/mol. The summed E-state index contributed by atoms with van der Waals surface area (Å²) >= 11 is 5.81. The third-order valence-electron chi connectivity index (χ3n) is 3.57. The van der Waals surface area contributed by atoms with Crippen molar-refractivity contribution in [2.75, 3.05) is 0 Å². The van der Waals surface area contributed by atoms with Gasteiger partial charge in [-0.15, -0.1) is 0 Å². The summed E-state index contributed by atoms with van der Waals surface area (Å²) < 4.78 is 14.2. The summed E-state index contributed by atoms with van der Waals surface area (Å²) in [5.74, 6) is 5.31. The molecule has 3 aromatic carbocycles. The van der Waals surface area contributed by atoms with Crippen molar-refractivity contribution in [2.45, 2.75) is 6.04 Å². The molecule has 0 saturated heterocycles. The van der Waals surface area contributed by atoms with Gasteiger partial charge in [-0.3, -0.25) is 5.84 Å². The van der Waals surface area contributed by atoms with Gasteiger partial charge in [0.15, 0.2) is 0 Å². The normalized spacial score (nSPS) is 12.5. The quantitative estimate of drug-likeness (QED) is 0.562. The van der Waals surface area contributed by atoms with E-state index in [1.54, 1.807) is 12.1 Å². The Morgan fingerprint density at radius 2 is 1.71 bits per heavy atom. The number of nitrogens with one attached hydrogen (secondary N) is 1. The molecular weight excluding hydrogens is 287 g/mol. The molecule has 0 heterocycles. The van der Waals surface area contributed by atoms with E-state index in [4.69, 9.17) is 17.4 Å². The number of rotatable bonds is 3. The maximum Gasteiger partial charge on any atom is 0.129 e. The van der Waals surface area contributed by atoms with Crippen LogP contribution in [0.25, 0.3) is 10.8 Å². The summed E-state index contributed by atoms with van der Waals surface area (Å²) in [5.41, 5.74) is 4.10. The van der Waals surface area contributed by atoms with Crippen LogP contribution in [0.3, 0.4) is 0 Å². The van der Waals surface area contributed by atoms with Gasteiger partial charge in [0, 0.05) is 10.6 Å². The van der Waals surface area contributed by atoms with Gasteiger partial charge in [0.2, 0.25) is 0 Å². The molecule has 0 radical (unpaired) electrons. The van der Waals surface area contributed by atoms with E-state index in [9.17, 15) is 4.39 Å². The van der Waals surface area contributed by atoms with Crippen LogP contribution < -0.4 is 11.3 Å². The molecule has 2 nitrogen and oxygen atoms in total. The lowest BCUT2D eigenvalue weighted by molar-refractivity contribution is 0.562. The molecule has 0 amide bonds. The van der Waals surface area contributed by atoms with Gasteiger partial charge < -0.3 is 0 Å².